The van der Waals surface area contributed by atoms with Crippen LogP contribution in [0.3, 0.4) is 0 Å². The number of aromatic amines is 1. The summed E-state index contributed by atoms with van der Waals surface area (Å²) < 4.78 is 76.4. The van der Waals surface area contributed by atoms with Crippen molar-refractivity contribution < 1.29 is 40.8 Å². The Morgan fingerprint density at radius 1 is 0.792 bits per heavy atom. The summed E-state index contributed by atoms with van der Waals surface area (Å²) in [5.41, 5.74) is 8.34. The van der Waals surface area contributed by atoms with Gasteiger partial charge in [-0.25, -0.2) is 9.78 Å². The Balaban J connectivity index is 0.000000582. The Morgan fingerprint density at radius 2 is 1.44 bits per heavy atom. The summed E-state index contributed by atoms with van der Waals surface area (Å²) in [7, 11) is 0. The minimum Gasteiger partial charge on any atom is -0.475 e. The summed E-state index contributed by atoms with van der Waals surface area (Å²) in [6.45, 7) is 5.32. The molecule has 7 nitrogen and oxygen atoms in total. The molecule has 4 aromatic carbocycles. The first-order valence-electron chi connectivity index (χ1n) is 14.5. The second kappa shape index (κ2) is 13.7. The summed E-state index contributed by atoms with van der Waals surface area (Å²) in [4.78, 5) is 16.4. The topological polar surface area (TPSA) is 104 Å². The molecule has 0 amide bonds. The van der Waals surface area contributed by atoms with Crippen molar-refractivity contribution >= 4 is 17.0 Å². The highest BCUT2D eigenvalue weighted by atomic mass is 19.4. The number of H-pyrrole nitrogens is 1. The molecule has 2 aromatic heterocycles. The van der Waals surface area contributed by atoms with Crippen molar-refractivity contribution in [3.8, 4) is 33.6 Å². The molecule has 48 heavy (non-hydrogen) atoms. The first-order chi connectivity index (χ1) is 22.7. The quantitative estimate of drug-likeness (QED) is 0.147. The van der Waals surface area contributed by atoms with E-state index >= 15 is 0 Å². The largest absolute Gasteiger partial charge is 0.490 e. The molecule has 6 aromatic rings. The highest BCUT2D eigenvalue weighted by Crippen LogP contribution is 2.33. The normalized spacial score (nSPS) is 11.8. The number of hydrogen-bond donors (Lipinski definition) is 3. The van der Waals surface area contributed by atoms with E-state index in [0.717, 1.165) is 70.1 Å². The molecule has 0 bridgehead atoms. The van der Waals surface area contributed by atoms with E-state index in [-0.39, 0.29) is 0 Å². The molecule has 0 aliphatic heterocycles. The van der Waals surface area contributed by atoms with Crippen LogP contribution in [-0.4, -0.2) is 32.4 Å². The van der Waals surface area contributed by atoms with Crippen molar-refractivity contribution in [2.45, 2.75) is 39.3 Å². The number of fused-ring (bicyclic) bond motifs is 1. The van der Waals surface area contributed by atoms with Gasteiger partial charge in [-0.2, -0.15) is 26.3 Å². The van der Waals surface area contributed by atoms with Gasteiger partial charge < -0.3 is 19.9 Å². The van der Waals surface area contributed by atoms with Gasteiger partial charge in [-0.1, -0.05) is 65.8 Å². The fourth-order valence-electron chi connectivity index (χ4n) is 5.07. The minimum atomic E-state index is -5.08. The summed E-state index contributed by atoms with van der Waals surface area (Å²) >= 11 is 0. The lowest BCUT2D eigenvalue weighted by Gasteiger charge is -2.09. The number of hydrogen-bond acceptors (Lipinski definition) is 5. The molecule has 0 atom stereocenters. The van der Waals surface area contributed by atoms with Crippen LogP contribution >= 0.6 is 0 Å². The van der Waals surface area contributed by atoms with Crippen LogP contribution in [0.25, 0.3) is 44.7 Å². The fraction of sp³-hybridized carbons (Fsp3) is 0.171. The summed E-state index contributed by atoms with van der Waals surface area (Å²) in [5.74, 6) is -1.41. The number of imidazole rings is 1. The lowest BCUT2D eigenvalue weighted by molar-refractivity contribution is -0.192. The van der Waals surface area contributed by atoms with Crippen LogP contribution in [0, 0.1) is 13.8 Å². The lowest BCUT2D eigenvalue weighted by atomic mass is 10.0. The molecule has 0 aliphatic carbocycles. The Hall–Kier alpha value is -5.43. The molecule has 2 heterocycles. The lowest BCUT2D eigenvalue weighted by Crippen LogP contribution is -2.21. The minimum absolute atomic E-state index is 0.354. The van der Waals surface area contributed by atoms with Gasteiger partial charge in [0.05, 0.1) is 22.3 Å². The van der Waals surface area contributed by atoms with Gasteiger partial charge in [0.1, 0.15) is 11.6 Å². The maximum absolute atomic E-state index is 13.1. The molecule has 0 radical (unpaired) electrons. The number of halogens is 6. The zero-order chi connectivity index (χ0) is 34.6. The molecule has 0 unspecified atom stereocenters. The first-order valence-corrected chi connectivity index (χ1v) is 14.5. The van der Waals surface area contributed by atoms with Crippen molar-refractivity contribution in [1.82, 2.24) is 20.4 Å². The number of benzene rings is 4. The van der Waals surface area contributed by atoms with Gasteiger partial charge in [-0.05, 0) is 72.0 Å². The standard InChI is InChI=1S/C33H27F3N4O.C2HF3O2/c1-20-31(21(2)41-40-20)26-7-3-5-23(15-26)19-37-18-22-9-11-24(12-10-22)25-6-4-8-27(16-25)32-38-29-14-13-28(33(34,35)36)17-30(29)39-32;3-2(4,5)1(6)7/h3-17,37H,18-19H2,1-2H3,(H,38,39);(H,6,7). The van der Waals surface area contributed by atoms with E-state index in [1.54, 1.807) is 0 Å². The van der Waals surface area contributed by atoms with Gasteiger partial charge >= 0.3 is 18.3 Å². The van der Waals surface area contributed by atoms with Gasteiger partial charge in [0, 0.05) is 24.2 Å². The number of rotatable bonds is 7. The average Bonchev–Trinajstić information content (AvgIpc) is 3.63. The molecule has 0 saturated heterocycles. The van der Waals surface area contributed by atoms with E-state index in [1.165, 1.54) is 11.6 Å². The average molecular weight is 667 g/mol. The van der Waals surface area contributed by atoms with Crippen molar-refractivity contribution in [3.63, 3.8) is 0 Å². The van der Waals surface area contributed by atoms with Crippen LogP contribution in [0.4, 0.5) is 26.3 Å². The number of nitrogens with one attached hydrogen (secondary N) is 2. The predicted octanol–water partition coefficient (Wildman–Crippen LogP) is 9.11. The Bertz CT molecular complexity index is 2030. The van der Waals surface area contributed by atoms with Crippen LogP contribution in [0.5, 0.6) is 0 Å². The monoisotopic (exact) mass is 666 g/mol. The third-order valence-corrected chi connectivity index (χ3v) is 7.38. The van der Waals surface area contributed by atoms with Gasteiger partial charge in [-0.15, -0.1) is 0 Å². The highest BCUT2D eigenvalue weighted by molar-refractivity contribution is 5.81. The van der Waals surface area contributed by atoms with Crippen LogP contribution in [0.1, 0.15) is 28.1 Å². The van der Waals surface area contributed by atoms with Gasteiger partial charge in [0.2, 0.25) is 0 Å². The van der Waals surface area contributed by atoms with E-state index in [1.807, 2.05) is 44.2 Å². The number of aliphatic carboxylic acids is 1. The third-order valence-electron chi connectivity index (χ3n) is 7.38. The Labute approximate surface area is 270 Å². The van der Waals surface area contributed by atoms with E-state index < -0.39 is 23.9 Å². The molecular formula is C35H28F6N4O3. The maximum atomic E-state index is 13.1. The molecule has 6 rings (SSSR count). The number of carbonyl (C=O) groups is 1. The zero-order valence-corrected chi connectivity index (χ0v) is 25.5. The molecule has 3 N–H and O–H groups in total. The Morgan fingerprint density at radius 3 is 2.08 bits per heavy atom. The number of alkyl halides is 6. The Kier molecular flexibility index (Phi) is 9.71. The summed E-state index contributed by atoms with van der Waals surface area (Å²) in [5, 5.41) is 14.7. The second-order valence-corrected chi connectivity index (χ2v) is 10.9. The number of aryl methyl sites for hydroxylation is 2. The van der Waals surface area contributed by atoms with E-state index in [4.69, 9.17) is 14.4 Å². The van der Waals surface area contributed by atoms with Gasteiger partial charge in [-0.3, -0.25) is 0 Å². The maximum Gasteiger partial charge on any atom is 0.490 e. The van der Waals surface area contributed by atoms with Gasteiger partial charge in [0.15, 0.2) is 0 Å². The van der Waals surface area contributed by atoms with Crippen LogP contribution in [-0.2, 0) is 24.1 Å². The summed E-state index contributed by atoms with van der Waals surface area (Å²) in [6, 6.07) is 28.1. The molecule has 0 aliphatic rings. The van der Waals surface area contributed by atoms with Crippen molar-refractivity contribution in [2.75, 3.05) is 0 Å². The van der Waals surface area contributed by atoms with Crippen LogP contribution < -0.4 is 5.32 Å². The number of carboxylic acid groups (broad SMARTS) is 1. The van der Waals surface area contributed by atoms with Crippen LogP contribution in [0.15, 0.2) is 95.5 Å². The molecule has 0 saturated carbocycles. The fourth-order valence-corrected chi connectivity index (χ4v) is 5.07. The van der Waals surface area contributed by atoms with Crippen LogP contribution in [0.2, 0.25) is 0 Å². The van der Waals surface area contributed by atoms with E-state index in [0.29, 0.717) is 16.9 Å². The highest BCUT2D eigenvalue weighted by Gasteiger charge is 2.38. The van der Waals surface area contributed by atoms with Gasteiger partial charge in [0.25, 0.3) is 0 Å². The number of nitrogens with zero attached hydrogens (tertiary/aromatic N) is 2. The molecule has 0 fully saturated rings. The summed E-state index contributed by atoms with van der Waals surface area (Å²) in [6.07, 6.45) is -9.48. The SMILES string of the molecule is Cc1noc(C)c1-c1cccc(CNCc2ccc(-c3cccc(-c4nc5ccc(C(F)(F)F)cc5[nH]4)c3)cc2)c1.O=C(O)C(F)(F)F. The second-order valence-electron chi connectivity index (χ2n) is 10.9. The van der Waals surface area contributed by atoms with Crippen molar-refractivity contribution in [1.29, 1.82) is 0 Å². The van der Waals surface area contributed by atoms with Crippen molar-refractivity contribution in [3.05, 3.63) is 119 Å². The smallest absolute Gasteiger partial charge is 0.475 e. The first kappa shape index (κ1) is 33.9. The van der Waals surface area contributed by atoms with Crippen molar-refractivity contribution in [2.24, 2.45) is 0 Å². The molecule has 248 valence electrons. The molecular weight excluding hydrogens is 638 g/mol. The number of aromatic nitrogens is 3. The van der Waals surface area contributed by atoms with E-state index in [9.17, 15) is 26.3 Å². The molecule has 0 spiro atoms. The predicted molar refractivity (Wildman–Crippen MR) is 168 cm³/mol. The zero-order valence-electron chi connectivity index (χ0n) is 25.5. The molecule has 13 heteroatoms. The van der Waals surface area contributed by atoms with E-state index in [2.05, 4.69) is 62.9 Å². The third kappa shape index (κ3) is 8.10. The number of carboxylic acids is 1.